The van der Waals surface area contributed by atoms with Crippen LogP contribution in [0.25, 0.3) is 0 Å². The summed E-state index contributed by atoms with van der Waals surface area (Å²) in [5, 5.41) is 8.86. The van der Waals surface area contributed by atoms with Crippen LogP contribution in [0.15, 0.2) is 18.2 Å². The highest BCUT2D eigenvalue weighted by molar-refractivity contribution is 7.93. The van der Waals surface area contributed by atoms with Crippen molar-refractivity contribution >= 4 is 27.6 Å². The molecule has 20 heavy (non-hydrogen) atoms. The summed E-state index contributed by atoms with van der Waals surface area (Å²) in [6, 6.07) is 3.06. The molecule has 0 saturated carbocycles. The van der Waals surface area contributed by atoms with Gasteiger partial charge in [0.2, 0.25) is 10.0 Å². The summed E-state index contributed by atoms with van der Waals surface area (Å²) in [6.45, 7) is 1.49. The second kappa shape index (κ2) is 6.33. The number of carboxylic acid groups (broad SMARTS) is 1. The standard InChI is InChI=1S/C11H12FNO6S/c1-2-19-9(14)6-20(17,18)13-10-7(11(15)16)4-3-5-8(10)12/h3-5,13H,2,6H2,1H3,(H,15,16). The SMILES string of the molecule is CCOC(=O)CS(=O)(=O)Nc1c(F)cccc1C(=O)O. The summed E-state index contributed by atoms with van der Waals surface area (Å²) in [7, 11) is -4.26. The lowest BCUT2D eigenvalue weighted by atomic mass is 10.2. The Hall–Kier alpha value is -2.16. The number of hydrogen-bond acceptors (Lipinski definition) is 5. The zero-order valence-electron chi connectivity index (χ0n) is 10.4. The molecule has 110 valence electrons. The van der Waals surface area contributed by atoms with E-state index in [0.29, 0.717) is 0 Å². The van der Waals surface area contributed by atoms with Gasteiger partial charge in [0.15, 0.2) is 5.75 Å². The number of nitrogens with one attached hydrogen (secondary N) is 1. The number of anilines is 1. The van der Waals surface area contributed by atoms with E-state index in [1.807, 2.05) is 0 Å². The Morgan fingerprint density at radius 2 is 2.05 bits per heavy atom. The van der Waals surface area contributed by atoms with E-state index in [2.05, 4.69) is 4.74 Å². The number of carbonyl (C=O) groups is 2. The number of carbonyl (C=O) groups excluding carboxylic acids is 1. The van der Waals surface area contributed by atoms with E-state index < -0.39 is 44.8 Å². The third-order valence-electron chi connectivity index (χ3n) is 2.11. The molecule has 0 aliphatic rings. The molecule has 1 aromatic carbocycles. The first-order chi connectivity index (χ1) is 9.26. The molecule has 0 fully saturated rings. The molecule has 0 atom stereocenters. The van der Waals surface area contributed by atoms with Gasteiger partial charge in [0.25, 0.3) is 0 Å². The summed E-state index contributed by atoms with van der Waals surface area (Å²) in [4.78, 5) is 22.0. The van der Waals surface area contributed by atoms with Gasteiger partial charge in [-0.1, -0.05) is 6.07 Å². The molecule has 1 aromatic rings. The lowest BCUT2D eigenvalue weighted by molar-refractivity contribution is -0.139. The van der Waals surface area contributed by atoms with E-state index in [4.69, 9.17) is 5.11 Å². The van der Waals surface area contributed by atoms with Crippen LogP contribution in [0.1, 0.15) is 17.3 Å². The van der Waals surface area contributed by atoms with Crippen LogP contribution in [0.5, 0.6) is 0 Å². The van der Waals surface area contributed by atoms with Crippen LogP contribution in [0, 0.1) is 5.82 Å². The number of para-hydroxylation sites is 1. The number of hydrogen-bond donors (Lipinski definition) is 2. The lowest BCUT2D eigenvalue weighted by Crippen LogP contribution is -2.25. The molecular weight excluding hydrogens is 293 g/mol. The molecule has 0 bridgehead atoms. The van der Waals surface area contributed by atoms with E-state index in [9.17, 15) is 22.4 Å². The molecule has 0 heterocycles. The predicted octanol–water partition coefficient (Wildman–Crippen LogP) is 0.829. The van der Waals surface area contributed by atoms with Crippen molar-refractivity contribution in [2.75, 3.05) is 17.1 Å². The number of esters is 1. The molecule has 0 amide bonds. The van der Waals surface area contributed by atoms with Crippen molar-refractivity contribution < 1.29 is 32.2 Å². The van der Waals surface area contributed by atoms with E-state index in [-0.39, 0.29) is 6.61 Å². The zero-order chi connectivity index (χ0) is 15.3. The minimum Gasteiger partial charge on any atom is -0.478 e. The van der Waals surface area contributed by atoms with Gasteiger partial charge in [-0.3, -0.25) is 9.52 Å². The van der Waals surface area contributed by atoms with Crippen molar-refractivity contribution in [2.24, 2.45) is 0 Å². The highest BCUT2D eigenvalue weighted by Crippen LogP contribution is 2.21. The Kier molecular flexibility index (Phi) is 5.03. The van der Waals surface area contributed by atoms with Gasteiger partial charge in [-0.2, -0.15) is 0 Å². The number of aromatic carboxylic acids is 1. The molecule has 0 spiro atoms. The van der Waals surface area contributed by atoms with E-state index >= 15 is 0 Å². The Morgan fingerprint density at radius 1 is 1.40 bits per heavy atom. The summed E-state index contributed by atoms with van der Waals surface area (Å²) in [6.07, 6.45) is 0. The number of ether oxygens (including phenoxy) is 1. The van der Waals surface area contributed by atoms with Crippen molar-refractivity contribution in [3.8, 4) is 0 Å². The number of rotatable bonds is 6. The van der Waals surface area contributed by atoms with Gasteiger partial charge in [0, 0.05) is 0 Å². The maximum Gasteiger partial charge on any atom is 0.337 e. The first kappa shape index (κ1) is 15.9. The van der Waals surface area contributed by atoms with Crippen LogP contribution < -0.4 is 4.72 Å². The van der Waals surface area contributed by atoms with E-state index in [0.717, 1.165) is 18.2 Å². The molecule has 7 nitrogen and oxygen atoms in total. The topological polar surface area (TPSA) is 110 Å². The summed E-state index contributed by atoms with van der Waals surface area (Å²) in [5.41, 5.74) is -1.28. The first-order valence-corrected chi connectivity index (χ1v) is 7.10. The summed E-state index contributed by atoms with van der Waals surface area (Å²) in [5.74, 6) is -4.61. The highest BCUT2D eigenvalue weighted by atomic mass is 32.2. The minimum atomic E-state index is -4.26. The third-order valence-corrected chi connectivity index (χ3v) is 3.25. The van der Waals surface area contributed by atoms with Gasteiger partial charge in [0.05, 0.1) is 17.9 Å². The van der Waals surface area contributed by atoms with Gasteiger partial charge in [-0.25, -0.2) is 17.6 Å². The molecule has 0 aromatic heterocycles. The molecule has 9 heteroatoms. The first-order valence-electron chi connectivity index (χ1n) is 5.44. The lowest BCUT2D eigenvalue weighted by Gasteiger charge is -2.10. The smallest absolute Gasteiger partial charge is 0.337 e. The van der Waals surface area contributed by atoms with E-state index in [1.165, 1.54) is 6.92 Å². The van der Waals surface area contributed by atoms with Crippen LogP contribution in [0.2, 0.25) is 0 Å². The van der Waals surface area contributed by atoms with Crippen molar-refractivity contribution in [3.63, 3.8) is 0 Å². The molecule has 0 aliphatic carbocycles. The predicted molar refractivity (Wildman–Crippen MR) is 67.4 cm³/mol. The molecular formula is C11H12FNO6S. The van der Waals surface area contributed by atoms with Crippen molar-refractivity contribution in [2.45, 2.75) is 6.92 Å². The summed E-state index contributed by atoms with van der Waals surface area (Å²) < 4.78 is 43.0. The maximum absolute atomic E-state index is 13.5. The van der Waals surface area contributed by atoms with Crippen LogP contribution in [0.3, 0.4) is 0 Å². The van der Waals surface area contributed by atoms with Crippen LogP contribution in [-0.2, 0) is 19.6 Å². The molecule has 1 rings (SSSR count). The fourth-order valence-electron chi connectivity index (χ4n) is 1.36. The Bertz CT molecular complexity index is 628. The maximum atomic E-state index is 13.5. The average molecular weight is 305 g/mol. The van der Waals surface area contributed by atoms with Crippen molar-refractivity contribution in [1.29, 1.82) is 0 Å². The van der Waals surface area contributed by atoms with Gasteiger partial charge >= 0.3 is 11.9 Å². The van der Waals surface area contributed by atoms with Gasteiger partial charge < -0.3 is 9.84 Å². The monoisotopic (exact) mass is 305 g/mol. The number of carboxylic acids is 1. The normalized spacial score (nSPS) is 10.9. The third kappa shape index (κ3) is 4.19. The molecule has 2 N–H and O–H groups in total. The number of benzene rings is 1. The second-order valence-corrected chi connectivity index (χ2v) is 5.36. The van der Waals surface area contributed by atoms with Crippen LogP contribution >= 0.6 is 0 Å². The molecule has 0 saturated heterocycles. The summed E-state index contributed by atoms with van der Waals surface area (Å²) >= 11 is 0. The largest absolute Gasteiger partial charge is 0.478 e. The van der Waals surface area contributed by atoms with Gasteiger partial charge in [-0.15, -0.1) is 0 Å². The van der Waals surface area contributed by atoms with Gasteiger partial charge in [0.1, 0.15) is 5.82 Å². The van der Waals surface area contributed by atoms with E-state index in [1.54, 1.807) is 4.72 Å². The van der Waals surface area contributed by atoms with Crippen LogP contribution in [0.4, 0.5) is 10.1 Å². The highest BCUT2D eigenvalue weighted by Gasteiger charge is 2.22. The minimum absolute atomic E-state index is 0.00553. The second-order valence-electron chi connectivity index (χ2n) is 3.63. The number of sulfonamides is 1. The Labute approximate surface area is 114 Å². The quantitative estimate of drug-likeness (QED) is 0.753. The Balaban J connectivity index is 3.04. The van der Waals surface area contributed by atoms with Crippen LogP contribution in [-0.4, -0.2) is 37.8 Å². The fraction of sp³-hybridized carbons (Fsp3) is 0.273. The number of halogens is 1. The molecule has 0 radical (unpaired) electrons. The van der Waals surface area contributed by atoms with Crippen molar-refractivity contribution in [1.82, 2.24) is 0 Å². The Morgan fingerprint density at radius 3 is 2.60 bits per heavy atom. The zero-order valence-corrected chi connectivity index (χ0v) is 11.2. The van der Waals surface area contributed by atoms with Gasteiger partial charge in [-0.05, 0) is 19.1 Å². The molecule has 0 aliphatic heterocycles. The van der Waals surface area contributed by atoms with Crippen molar-refractivity contribution in [3.05, 3.63) is 29.6 Å². The fourth-order valence-corrected chi connectivity index (χ4v) is 2.34. The molecule has 0 unspecified atom stereocenters. The average Bonchev–Trinajstić information content (AvgIpc) is 2.30.